The molecule has 4 heteroatoms. The van der Waals surface area contributed by atoms with Crippen LogP contribution in [0.4, 0.5) is 0 Å². The summed E-state index contributed by atoms with van der Waals surface area (Å²) in [5, 5.41) is 0. The molecule has 1 aromatic carbocycles. The Morgan fingerprint density at radius 3 is 2.00 bits per heavy atom. The summed E-state index contributed by atoms with van der Waals surface area (Å²) in [6, 6.07) is 9.53. The zero-order valence-corrected chi connectivity index (χ0v) is 19.0. The zero-order valence-electron chi connectivity index (χ0n) is 14.2. The van der Waals surface area contributed by atoms with E-state index in [-0.39, 0.29) is 24.0 Å². The number of halogens is 2. The molecule has 130 valence electrons. The van der Waals surface area contributed by atoms with Crippen LogP contribution in [0.2, 0.25) is 42.8 Å². The van der Waals surface area contributed by atoms with Gasteiger partial charge in [0.1, 0.15) is 0 Å². The minimum absolute atomic E-state index is 0. The van der Waals surface area contributed by atoms with Crippen LogP contribution in [0.1, 0.15) is 5.56 Å². The number of hydrogen-bond donors (Lipinski definition) is 0. The van der Waals surface area contributed by atoms with Crippen LogP contribution in [0.5, 0.6) is 0 Å². The Morgan fingerprint density at radius 1 is 0.958 bits per heavy atom. The number of rotatable bonds is 3. The number of nitrogens with zero attached hydrogens (tertiary/aromatic N) is 1. The van der Waals surface area contributed by atoms with Gasteiger partial charge >= 0.3 is 136 Å². The number of fused-ring (bicyclic) bond motifs is 10. The molecule has 0 aromatic heterocycles. The first-order valence-electron chi connectivity index (χ1n) is 9.42. The van der Waals surface area contributed by atoms with Crippen LogP contribution in [-0.2, 0) is 10.8 Å². The summed E-state index contributed by atoms with van der Waals surface area (Å²) in [7, 11) is 7.46. The van der Waals surface area contributed by atoms with Gasteiger partial charge in [-0.3, -0.25) is 0 Å². The third kappa shape index (κ3) is 0.175. The third-order valence-electron chi connectivity index (χ3n) is 17.2. The molecule has 10 fully saturated rings. The minimum Gasteiger partial charge on any atom is -1.00 e. The van der Waals surface area contributed by atoms with Gasteiger partial charge < -0.3 is 24.0 Å². The van der Waals surface area contributed by atoms with Crippen molar-refractivity contribution >= 4 is 15.9 Å². The third-order valence-corrected chi connectivity index (χ3v) is 61.2. The van der Waals surface area contributed by atoms with Crippen molar-refractivity contribution in [2.75, 3.05) is 27.7 Å². The topological polar surface area (TPSA) is 0 Å². The molecular weight excluding hydrogens is 517 g/mol. The zero-order chi connectivity index (χ0) is 15.1. The van der Waals surface area contributed by atoms with Crippen molar-refractivity contribution in [2.45, 2.75) is 47.2 Å². The quantitative estimate of drug-likeness (QED) is 0.314. The molecular formula is C20H23BrFeIN. The fourth-order valence-electron chi connectivity index (χ4n) is 19.7. The van der Waals surface area contributed by atoms with Crippen LogP contribution in [0.3, 0.4) is 0 Å². The van der Waals surface area contributed by atoms with Gasteiger partial charge in [0, 0.05) is 0 Å². The van der Waals surface area contributed by atoms with Gasteiger partial charge in [-0.05, 0) is 0 Å². The summed E-state index contributed by atoms with van der Waals surface area (Å²) in [6.45, 7) is -1.74. The summed E-state index contributed by atoms with van der Waals surface area (Å²) >= 11 is 4.03. The largest absolute Gasteiger partial charge is 1.00 e. The van der Waals surface area contributed by atoms with E-state index in [1.54, 1.807) is 0 Å². The Morgan fingerprint density at radius 2 is 1.54 bits per heavy atom. The molecule has 0 radical (unpaired) electrons. The number of benzene rings is 1. The Kier molecular flexibility index (Phi) is 0.662. The Hall–Kier alpha value is 0.909. The molecule has 24 heavy (non-hydrogen) atoms. The second-order valence-electron chi connectivity index (χ2n) is 13.8. The summed E-state index contributed by atoms with van der Waals surface area (Å²) in [5.41, 5.74) is 1.84. The molecule has 10 aliphatic rings. The molecule has 11 rings (SSSR count). The van der Waals surface area contributed by atoms with Crippen LogP contribution >= 0.6 is 15.9 Å². The van der Waals surface area contributed by atoms with Crippen LogP contribution in [0.25, 0.3) is 0 Å². The fraction of sp³-hybridized carbons (Fsp3) is 0.700. The average molecular weight is 540 g/mol. The summed E-state index contributed by atoms with van der Waals surface area (Å²) < 4.78 is 4.43. The van der Waals surface area contributed by atoms with E-state index < -0.39 is 6.51 Å². The summed E-state index contributed by atoms with van der Waals surface area (Å²) in [6.07, 6.45) is 0. The second-order valence-corrected chi connectivity index (χ2v) is 38.0. The predicted octanol–water partition coefficient (Wildman–Crippen LogP) is 2.33. The van der Waals surface area contributed by atoms with Crippen LogP contribution < -0.4 is 24.0 Å². The van der Waals surface area contributed by atoms with Crippen molar-refractivity contribution in [3.8, 4) is 0 Å². The SMILES string of the molecule is C[N+](C)(C)C[C]12[CH]3[CH]4[CH]5[C]1(c1ccccc1Br)[Fe]43521678[CH]2[CH]1[CH]6[CH]7[CH]28.[I-]. The van der Waals surface area contributed by atoms with Gasteiger partial charge in [0.25, 0.3) is 0 Å². The first kappa shape index (κ1) is 12.4. The van der Waals surface area contributed by atoms with E-state index in [0.717, 1.165) is 8.63 Å². The molecule has 0 amide bonds. The van der Waals surface area contributed by atoms with Gasteiger partial charge in [0.05, 0.1) is 0 Å². The van der Waals surface area contributed by atoms with Gasteiger partial charge in [-0.2, -0.15) is 0 Å². The normalized spacial score (nSPS) is 91.2. The molecule has 5 unspecified atom stereocenters. The van der Waals surface area contributed by atoms with E-state index in [0.29, 0.717) is 0 Å². The molecule has 0 saturated carbocycles. The maximum absolute atomic E-state index is 4.03. The molecule has 0 N–H and O–H groups in total. The standard InChI is InChI=1S/C15H18BrN.C5H5.Fe.HI/c1-17(2,3)11-12-7-6-9-13(12)14-8-4-5-10-15(14)16;1-2-4-5-3-1;;/h4-10H,11H2,1-3H3;1-5H;;1H/q+1;;;/p-1. The van der Waals surface area contributed by atoms with Gasteiger partial charge in [0.15, 0.2) is 0 Å². The maximum atomic E-state index is 4.03. The maximum Gasteiger partial charge on any atom is -1.00 e. The van der Waals surface area contributed by atoms with E-state index in [1.165, 1.54) is 54.0 Å². The number of quaternary nitrogens is 1. The van der Waals surface area contributed by atoms with Gasteiger partial charge in [-0.15, -0.1) is 0 Å². The molecule has 0 aliphatic carbocycles. The van der Waals surface area contributed by atoms with Gasteiger partial charge in [-0.1, -0.05) is 0 Å². The van der Waals surface area contributed by atoms with E-state index in [2.05, 4.69) is 61.3 Å². The molecule has 10 saturated heterocycles. The molecule has 5 atom stereocenters. The van der Waals surface area contributed by atoms with Crippen molar-refractivity contribution in [3.63, 3.8) is 0 Å². The van der Waals surface area contributed by atoms with Crippen molar-refractivity contribution in [3.05, 3.63) is 34.3 Å². The average Bonchev–Trinajstić information content (AvgIpc) is 3.41. The van der Waals surface area contributed by atoms with Crippen LogP contribution in [0, 0.1) is 0 Å². The molecule has 1 spiro atoms. The van der Waals surface area contributed by atoms with Crippen molar-refractivity contribution in [1.29, 1.82) is 0 Å². The van der Waals surface area contributed by atoms with Crippen molar-refractivity contribution in [1.82, 2.24) is 0 Å². The minimum atomic E-state index is -3.28. The van der Waals surface area contributed by atoms with Crippen molar-refractivity contribution in [2.24, 2.45) is 0 Å². The first-order valence-corrected chi connectivity index (χ1v) is 16.4. The fourth-order valence-corrected chi connectivity index (χ4v) is 97.4. The predicted molar refractivity (Wildman–Crippen MR) is 91.4 cm³/mol. The Bertz CT molecular complexity index is 1320. The summed E-state index contributed by atoms with van der Waals surface area (Å²) in [5.74, 6) is 0. The van der Waals surface area contributed by atoms with E-state index in [4.69, 9.17) is 0 Å². The van der Waals surface area contributed by atoms with E-state index in [9.17, 15) is 0 Å². The first-order chi connectivity index (χ1) is 10.7. The van der Waals surface area contributed by atoms with E-state index >= 15 is 0 Å². The van der Waals surface area contributed by atoms with Crippen molar-refractivity contribution < 1.29 is 35.0 Å². The molecule has 10 heterocycles. The monoisotopic (exact) mass is 539 g/mol. The van der Waals surface area contributed by atoms with Gasteiger partial charge in [0.2, 0.25) is 0 Å². The van der Waals surface area contributed by atoms with Gasteiger partial charge in [-0.25, -0.2) is 0 Å². The van der Waals surface area contributed by atoms with E-state index in [1.807, 2.05) is 5.56 Å². The number of hydrogen-bond acceptors (Lipinski definition) is 0. The van der Waals surface area contributed by atoms with Crippen LogP contribution in [0.15, 0.2) is 28.7 Å². The molecule has 1 nitrogen and oxygen atoms in total. The molecule has 10 aliphatic heterocycles. The molecule has 1 aromatic rings. The molecule has 0 bridgehead atoms. The summed E-state index contributed by atoms with van der Waals surface area (Å²) in [4.78, 5) is 11.0. The Labute approximate surface area is 159 Å². The Balaban J connectivity index is 0.000000990. The smallest absolute Gasteiger partial charge is 1.00 e. The second kappa shape index (κ2) is 1.28. The van der Waals surface area contributed by atoms with Crippen LogP contribution in [-0.4, -0.2) is 32.2 Å².